The first-order valence-corrected chi connectivity index (χ1v) is 8.81. The zero-order valence-corrected chi connectivity index (χ0v) is 14.8. The molecule has 0 spiro atoms. The van der Waals surface area contributed by atoms with E-state index in [9.17, 15) is 4.79 Å². The molecule has 0 bridgehead atoms. The number of aromatic nitrogens is 6. The quantitative estimate of drug-likeness (QED) is 0.646. The largest absolute Gasteiger partial charge is 0.346 e. The zero-order chi connectivity index (χ0) is 17.1. The number of nitrogens with zero attached hydrogens (tertiary/aromatic N) is 7. The normalized spacial score (nSPS) is 11.1. The Bertz CT molecular complexity index is 858. The SMILES string of the molecule is CCN(CC)C(=O)n1cnc(SCc2cn3nc(Cl)ccc3n2)n1. The summed E-state index contributed by atoms with van der Waals surface area (Å²) in [4.78, 5) is 22.5. The van der Waals surface area contributed by atoms with Crippen molar-refractivity contribution in [1.82, 2.24) is 34.3 Å². The Morgan fingerprint density at radius 3 is 2.83 bits per heavy atom. The van der Waals surface area contributed by atoms with Crippen molar-refractivity contribution in [2.24, 2.45) is 0 Å². The second-order valence-electron chi connectivity index (χ2n) is 4.91. The van der Waals surface area contributed by atoms with Crippen molar-refractivity contribution in [3.63, 3.8) is 0 Å². The van der Waals surface area contributed by atoms with E-state index >= 15 is 0 Å². The Labute approximate surface area is 147 Å². The van der Waals surface area contributed by atoms with Gasteiger partial charge in [-0.3, -0.25) is 0 Å². The molecule has 126 valence electrons. The van der Waals surface area contributed by atoms with E-state index in [0.717, 1.165) is 11.3 Å². The fraction of sp³-hybridized carbons (Fsp3) is 0.357. The number of carbonyl (C=O) groups is 1. The van der Waals surface area contributed by atoms with Crippen LogP contribution in [-0.4, -0.2) is 53.4 Å². The second kappa shape index (κ2) is 7.18. The maximum absolute atomic E-state index is 12.2. The second-order valence-corrected chi connectivity index (χ2v) is 6.24. The highest BCUT2D eigenvalue weighted by Gasteiger charge is 2.14. The molecule has 3 heterocycles. The van der Waals surface area contributed by atoms with Gasteiger partial charge in [0.1, 0.15) is 11.5 Å². The van der Waals surface area contributed by atoms with E-state index in [1.807, 2.05) is 20.0 Å². The van der Waals surface area contributed by atoms with E-state index < -0.39 is 0 Å². The molecular weight excluding hydrogens is 350 g/mol. The van der Waals surface area contributed by atoms with Crippen LogP contribution in [-0.2, 0) is 5.75 Å². The number of hydrogen-bond donors (Lipinski definition) is 0. The first kappa shape index (κ1) is 16.7. The van der Waals surface area contributed by atoms with Gasteiger partial charge in [0.25, 0.3) is 0 Å². The van der Waals surface area contributed by atoms with Gasteiger partial charge in [0, 0.05) is 18.8 Å². The molecule has 0 radical (unpaired) electrons. The van der Waals surface area contributed by atoms with Crippen LogP contribution in [0.4, 0.5) is 4.79 Å². The summed E-state index contributed by atoms with van der Waals surface area (Å²) in [7, 11) is 0. The van der Waals surface area contributed by atoms with Crippen LogP contribution in [0.15, 0.2) is 29.8 Å². The fourth-order valence-electron chi connectivity index (χ4n) is 2.16. The predicted molar refractivity (Wildman–Crippen MR) is 91.3 cm³/mol. The van der Waals surface area contributed by atoms with Gasteiger partial charge >= 0.3 is 6.03 Å². The number of amides is 1. The van der Waals surface area contributed by atoms with Crippen LogP contribution >= 0.6 is 23.4 Å². The van der Waals surface area contributed by atoms with Crippen molar-refractivity contribution in [3.05, 3.63) is 35.5 Å². The van der Waals surface area contributed by atoms with E-state index in [-0.39, 0.29) is 6.03 Å². The van der Waals surface area contributed by atoms with Crippen LogP contribution in [0.1, 0.15) is 19.5 Å². The Hall–Kier alpha value is -2.13. The molecule has 0 saturated carbocycles. The summed E-state index contributed by atoms with van der Waals surface area (Å²) < 4.78 is 2.90. The van der Waals surface area contributed by atoms with Gasteiger partial charge in [0.2, 0.25) is 5.16 Å². The summed E-state index contributed by atoms with van der Waals surface area (Å²) in [5.41, 5.74) is 1.56. The van der Waals surface area contributed by atoms with E-state index in [2.05, 4.69) is 20.2 Å². The summed E-state index contributed by atoms with van der Waals surface area (Å²) in [5.74, 6) is 0.574. The predicted octanol–water partition coefficient (Wildman–Crippen LogP) is 2.58. The highest BCUT2D eigenvalue weighted by Crippen LogP contribution is 2.19. The monoisotopic (exact) mass is 365 g/mol. The smallest absolute Gasteiger partial charge is 0.323 e. The molecule has 0 atom stereocenters. The van der Waals surface area contributed by atoms with Crippen molar-refractivity contribution >= 4 is 35.0 Å². The highest BCUT2D eigenvalue weighted by molar-refractivity contribution is 7.98. The summed E-state index contributed by atoms with van der Waals surface area (Å²) >= 11 is 7.27. The van der Waals surface area contributed by atoms with Crippen molar-refractivity contribution < 1.29 is 4.79 Å². The van der Waals surface area contributed by atoms with E-state index in [0.29, 0.717) is 29.2 Å². The van der Waals surface area contributed by atoms with Crippen molar-refractivity contribution in [1.29, 1.82) is 0 Å². The maximum Gasteiger partial charge on any atom is 0.346 e. The molecule has 0 saturated heterocycles. The number of imidazole rings is 1. The molecule has 8 nitrogen and oxygen atoms in total. The molecular formula is C14H16ClN7OS. The lowest BCUT2D eigenvalue weighted by Gasteiger charge is -2.17. The van der Waals surface area contributed by atoms with Gasteiger partial charge in [-0.25, -0.2) is 19.3 Å². The van der Waals surface area contributed by atoms with Gasteiger partial charge < -0.3 is 4.90 Å². The summed E-state index contributed by atoms with van der Waals surface area (Å²) in [5, 5.41) is 9.30. The van der Waals surface area contributed by atoms with Gasteiger partial charge in [-0.15, -0.1) is 5.10 Å². The lowest BCUT2D eigenvalue weighted by Crippen LogP contribution is -2.34. The van der Waals surface area contributed by atoms with Crippen molar-refractivity contribution in [2.75, 3.05) is 13.1 Å². The van der Waals surface area contributed by atoms with Gasteiger partial charge in [0.15, 0.2) is 5.65 Å². The molecule has 0 aliphatic heterocycles. The Kier molecular flexibility index (Phi) is 5.00. The lowest BCUT2D eigenvalue weighted by atomic mass is 10.5. The van der Waals surface area contributed by atoms with E-state index in [4.69, 9.17) is 11.6 Å². The summed E-state index contributed by atoms with van der Waals surface area (Å²) in [6.07, 6.45) is 3.25. The fourth-order valence-corrected chi connectivity index (χ4v) is 2.99. The van der Waals surface area contributed by atoms with Crippen LogP contribution in [0.5, 0.6) is 0 Å². The first-order chi connectivity index (χ1) is 11.6. The van der Waals surface area contributed by atoms with Crippen LogP contribution in [0, 0.1) is 0 Å². The molecule has 0 aromatic carbocycles. The van der Waals surface area contributed by atoms with Crippen LogP contribution in [0.3, 0.4) is 0 Å². The molecule has 24 heavy (non-hydrogen) atoms. The standard InChI is InChI=1S/C14H16ClN7OS/c1-3-20(4-2)14(23)22-9-16-13(19-22)24-8-10-7-21-12(17-10)6-5-11(15)18-21/h5-7,9H,3-4,8H2,1-2H3. The zero-order valence-electron chi connectivity index (χ0n) is 13.3. The third-order valence-electron chi connectivity index (χ3n) is 3.39. The third kappa shape index (κ3) is 3.51. The molecule has 3 aromatic heterocycles. The average molecular weight is 366 g/mol. The van der Waals surface area contributed by atoms with Gasteiger partial charge in [-0.1, -0.05) is 23.4 Å². The number of fused-ring (bicyclic) bond motifs is 1. The van der Waals surface area contributed by atoms with E-state index in [1.54, 1.807) is 21.5 Å². The molecule has 0 aliphatic carbocycles. The van der Waals surface area contributed by atoms with Crippen molar-refractivity contribution in [2.45, 2.75) is 24.8 Å². The third-order valence-corrected chi connectivity index (χ3v) is 4.47. The molecule has 0 aliphatic rings. The minimum Gasteiger partial charge on any atom is -0.323 e. The van der Waals surface area contributed by atoms with Crippen LogP contribution in [0.2, 0.25) is 5.15 Å². The van der Waals surface area contributed by atoms with Gasteiger partial charge in [0.05, 0.1) is 11.9 Å². The molecule has 0 fully saturated rings. The molecule has 3 aromatic rings. The minimum atomic E-state index is -0.175. The number of halogens is 1. The molecule has 0 unspecified atom stereocenters. The number of carbonyl (C=O) groups excluding carboxylic acids is 1. The van der Waals surface area contributed by atoms with Crippen molar-refractivity contribution in [3.8, 4) is 0 Å². The Balaban J connectivity index is 1.67. The summed E-state index contributed by atoms with van der Waals surface area (Å²) in [6.45, 7) is 5.12. The highest BCUT2D eigenvalue weighted by atomic mass is 35.5. The average Bonchev–Trinajstić information content (AvgIpc) is 3.20. The topological polar surface area (TPSA) is 81.2 Å². The lowest BCUT2D eigenvalue weighted by molar-refractivity contribution is 0.201. The van der Waals surface area contributed by atoms with Gasteiger partial charge in [-0.05, 0) is 26.0 Å². The van der Waals surface area contributed by atoms with Gasteiger partial charge in [-0.2, -0.15) is 9.78 Å². The number of thioether (sulfide) groups is 1. The molecule has 10 heteroatoms. The maximum atomic E-state index is 12.2. The summed E-state index contributed by atoms with van der Waals surface area (Å²) in [6, 6.07) is 3.33. The Morgan fingerprint density at radius 2 is 2.08 bits per heavy atom. The molecule has 1 amide bonds. The number of rotatable bonds is 5. The Morgan fingerprint density at radius 1 is 1.29 bits per heavy atom. The molecule has 0 N–H and O–H groups in total. The van der Waals surface area contributed by atoms with Crippen LogP contribution in [0.25, 0.3) is 5.65 Å². The first-order valence-electron chi connectivity index (χ1n) is 7.45. The minimum absolute atomic E-state index is 0.175. The van der Waals surface area contributed by atoms with Crippen LogP contribution < -0.4 is 0 Å². The van der Waals surface area contributed by atoms with E-state index in [1.165, 1.54) is 22.8 Å². The number of hydrogen-bond acceptors (Lipinski definition) is 6. The molecule has 3 rings (SSSR count).